The van der Waals surface area contributed by atoms with Gasteiger partial charge in [-0.15, -0.1) is 0 Å². The second-order valence-corrected chi connectivity index (χ2v) is 7.99. The normalized spacial score (nSPS) is 10.9. The van der Waals surface area contributed by atoms with E-state index in [1.54, 1.807) is 24.3 Å². The molecule has 1 aromatic heterocycles. The molecule has 0 bridgehead atoms. The number of carbonyl (C=O) groups is 1. The van der Waals surface area contributed by atoms with Crippen molar-refractivity contribution < 1.29 is 13.9 Å². The molecule has 4 aromatic rings. The van der Waals surface area contributed by atoms with Crippen LogP contribution in [-0.2, 0) is 4.79 Å². The number of amides is 1. The van der Waals surface area contributed by atoms with Crippen LogP contribution in [0.5, 0.6) is 5.75 Å². The van der Waals surface area contributed by atoms with E-state index in [0.29, 0.717) is 52.4 Å². The maximum atomic E-state index is 12.3. The lowest BCUT2D eigenvalue weighted by Crippen LogP contribution is -2.12. The molecular weight excluding hydrogens is 435 g/mol. The molecule has 4 rings (SSSR count). The predicted octanol–water partition coefficient (Wildman–Crippen LogP) is 6.91. The number of aromatic nitrogens is 1. The number of oxazole rings is 1. The van der Waals surface area contributed by atoms with Crippen LogP contribution in [0.3, 0.4) is 0 Å². The van der Waals surface area contributed by atoms with Gasteiger partial charge in [-0.2, -0.15) is 0 Å². The van der Waals surface area contributed by atoms with Gasteiger partial charge in [0.1, 0.15) is 11.3 Å². The van der Waals surface area contributed by atoms with Gasteiger partial charge in [-0.3, -0.25) is 4.79 Å². The number of ether oxygens (including phenoxy) is 1. The minimum atomic E-state index is -0.108. The second-order valence-electron chi connectivity index (χ2n) is 7.15. The molecule has 0 saturated heterocycles. The summed E-state index contributed by atoms with van der Waals surface area (Å²) in [7, 11) is 0. The Balaban J connectivity index is 1.33. The van der Waals surface area contributed by atoms with E-state index in [2.05, 4.69) is 10.3 Å². The average Bonchev–Trinajstić information content (AvgIpc) is 3.16. The van der Waals surface area contributed by atoms with Crippen LogP contribution in [0.1, 0.15) is 18.4 Å². The van der Waals surface area contributed by atoms with Crippen molar-refractivity contribution in [1.82, 2.24) is 4.98 Å². The van der Waals surface area contributed by atoms with Gasteiger partial charge in [-0.25, -0.2) is 4.98 Å². The molecule has 0 spiro atoms. The highest BCUT2D eigenvalue weighted by Crippen LogP contribution is 2.28. The molecule has 0 fully saturated rings. The molecule has 0 unspecified atom stereocenters. The molecule has 7 heteroatoms. The summed E-state index contributed by atoms with van der Waals surface area (Å²) in [5.41, 5.74) is 4.07. The van der Waals surface area contributed by atoms with E-state index in [4.69, 9.17) is 32.4 Å². The van der Waals surface area contributed by atoms with E-state index < -0.39 is 0 Å². The van der Waals surface area contributed by atoms with Gasteiger partial charge in [0.2, 0.25) is 11.8 Å². The largest absolute Gasteiger partial charge is 0.492 e. The molecular formula is C24H20Cl2N2O3. The van der Waals surface area contributed by atoms with Crippen LogP contribution in [0.15, 0.2) is 65.1 Å². The Morgan fingerprint density at radius 1 is 1.10 bits per heavy atom. The van der Waals surface area contributed by atoms with Crippen molar-refractivity contribution >= 4 is 45.9 Å². The number of hydrogen-bond acceptors (Lipinski definition) is 4. The van der Waals surface area contributed by atoms with Crippen LogP contribution >= 0.6 is 23.2 Å². The van der Waals surface area contributed by atoms with E-state index in [1.807, 2.05) is 43.3 Å². The SMILES string of the molecule is Cc1cccc(-c2nc3ccc(NC(=O)CCCOc4ccc(Cl)cc4Cl)cc3o2)c1. The van der Waals surface area contributed by atoms with Crippen molar-refractivity contribution in [2.75, 3.05) is 11.9 Å². The lowest BCUT2D eigenvalue weighted by atomic mass is 10.1. The number of nitrogens with one attached hydrogen (secondary N) is 1. The maximum absolute atomic E-state index is 12.3. The molecule has 0 aliphatic carbocycles. The number of rotatable bonds is 7. The van der Waals surface area contributed by atoms with E-state index >= 15 is 0 Å². The van der Waals surface area contributed by atoms with Crippen LogP contribution in [0, 0.1) is 6.92 Å². The smallest absolute Gasteiger partial charge is 0.227 e. The third kappa shape index (κ3) is 5.37. The molecule has 0 aliphatic rings. The fourth-order valence-electron chi connectivity index (χ4n) is 3.13. The molecule has 0 saturated carbocycles. The van der Waals surface area contributed by atoms with E-state index in [9.17, 15) is 4.79 Å². The highest BCUT2D eigenvalue weighted by Gasteiger charge is 2.10. The molecule has 5 nitrogen and oxygen atoms in total. The molecule has 0 radical (unpaired) electrons. The predicted molar refractivity (Wildman–Crippen MR) is 124 cm³/mol. The Labute approximate surface area is 189 Å². The van der Waals surface area contributed by atoms with Gasteiger partial charge in [0.05, 0.1) is 11.6 Å². The molecule has 158 valence electrons. The van der Waals surface area contributed by atoms with E-state index in [0.717, 1.165) is 16.6 Å². The van der Waals surface area contributed by atoms with E-state index in [1.165, 1.54) is 0 Å². The lowest BCUT2D eigenvalue weighted by Gasteiger charge is -2.08. The topological polar surface area (TPSA) is 64.4 Å². The Kier molecular flexibility index (Phi) is 6.44. The molecule has 0 aliphatic heterocycles. The zero-order chi connectivity index (χ0) is 21.8. The number of halogens is 2. The number of nitrogens with zero attached hydrogens (tertiary/aromatic N) is 1. The Bertz CT molecular complexity index is 1240. The number of carbonyl (C=O) groups excluding carboxylic acids is 1. The van der Waals surface area contributed by atoms with Crippen LogP contribution in [0.2, 0.25) is 10.0 Å². The molecule has 3 aromatic carbocycles. The first kappa shape index (κ1) is 21.2. The minimum absolute atomic E-state index is 0.108. The third-order valence-electron chi connectivity index (χ3n) is 4.64. The lowest BCUT2D eigenvalue weighted by molar-refractivity contribution is -0.116. The van der Waals surface area contributed by atoms with Gasteiger partial charge in [-0.1, -0.05) is 40.9 Å². The Morgan fingerprint density at radius 2 is 1.97 bits per heavy atom. The summed E-state index contributed by atoms with van der Waals surface area (Å²) in [6.45, 7) is 2.39. The number of benzene rings is 3. The van der Waals surface area contributed by atoms with Crippen molar-refractivity contribution in [3.8, 4) is 17.2 Å². The standard InChI is InChI=1S/C24H20Cl2N2O3/c1-15-4-2-5-16(12-15)24-28-20-9-8-18(14-22(20)31-24)27-23(29)6-3-11-30-21-10-7-17(25)13-19(21)26/h2,4-5,7-10,12-14H,3,6,11H2,1H3,(H,27,29). The first-order valence-electron chi connectivity index (χ1n) is 9.83. The van der Waals surface area contributed by atoms with Crippen molar-refractivity contribution in [1.29, 1.82) is 0 Å². The summed E-state index contributed by atoms with van der Waals surface area (Å²) >= 11 is 11.9. The van der Waals surface area contributed by atoms with Gasteiger partial charge >= 0.3 is 0 Å². The summed E-state index contributed by atoms with van der Waals surface area (Å²) in [5.74, 6) is 0.996. The zero-order valence-electron chi connectivity index (χ0n) is 16.8. The molecule has 1 amide bonds. The summed E-state index contributed by atoms with van der Waals surface area (Å²) in [6, 6.07) is 18.4. The van der Waals surface area contributed by atoms with Gasteiger partial charge < -0.3 is 14.5 Å². The molecule has 1 heterocycles. The van der Waals surface area contributed by atoms with Crippen molar-refractivity contribution in [3.63, 3.8) is 0 Å². The average molecular weight is 455 g/mol. The van der Waals surface area contributed by atoms with Crippen molar-refractivity contribution in [3.05, 3.63) is 76.3 Å². The summed E-state index contributed by atoms with van der Waals surface area (Å²) in [5, 5.41) is 3.88. The van der Waals surface area contributed by atoms with Gasteiger partial charge in [0.15, 0.2) is 5.58 Å². The number of fused-ring (bicyclic) bond motifs is 1. The number of aryl methyl sites for hydroxylation is 1. The maximum Gasteiger partial charge on any atom is 0.227 e. The Morgan fingerprint density at radius 3 is 2.77 bits per heavy atom. The fourth-order valence-corrected chi connectivity index (χ4v) is 3.60. The summed E-state index contributed by atoms with van der Waals surface area (Å²) in [4.78, 5) is 16.8. The van der Waals surface area contributed by atoms with Crippen LogP contribution < -0.4 is 10.1 Å². The highest BCUT2D eigenvalue weighted by molar-refractivity contribution is 6.35. The Hall–Kier alpha value is -3.02. The fraction of sp³-hybridized carbons (Fsp3) is 0.167. The monoisotopic (exact) mass is 454 g/mol. The molecule has 31 heavy (non-hydrogen) atoms. The molecule has 1 N–H and O–H groups in total. The van der Waals surface area contributed by atoms with Gasteiger partial charge in [-0.05, 0) is 55.8 Å². The summed E-state index contributed by atoms with van der Waals surface area (Å²) in [6.07, 6.45) is 0.862. The number of anilines is 1. The number of hydrogen-bond donors (Lipinski definition) is 1. The third-order valence-corrected chi connectivity index (χ3v) is 5.17. The van der Waals surface area contributed by atoms with E-state index in [-0.39, 0.29) is 5.91 Å². The highest BCUT2D eigenvalue weighted by atomic mass is 35.5. The zero-order valence-corrected chi connectivity index (χ0v) is 18.3. The summed E-state index contributed by atoms with van der Waals surface area (Å²) < 4.78 is 11.5. The van der Waals surface area contributed by atoms with Gasteiger partial charge in [0.25, 0.3) is 0 Å². The quantitative estimate of drug-likeness (QED) is 0.308. The molecule has 0 atom stereocenters. The minimum Gasteiger partial charge on any atom is -0.492 e. The van der Waals surface area contributed by atoms with Crippen LogP contribution in [-0.4, -0.2) is 17.5 Å². The first-order chi connectivity index (χ1) is 15.0. The van der Waals surface area contributed by atoms with Gasteiger partial charge in [0, 0.05) is 28.8 Å². The van der Waals surface area contributed by atoms with Crippen molar-refractivity contribution in [2.45, 2.75) is 19.8 Å². The second kappa shape index (κ2) is 9.41. The first-order valence-corrected chi connectivity index (χ1v) is 10.6. The van der Waals surface area contributed by atoms with Crippen LogP contribution in [0.25, 0.3) is 22.6 Å². The van der Waals surface area contributed by atoms with Crippen molar-refractivity contribution in [2.24, 2.45) is 0 Å². The van der Waals surface area contributed by atoms with Crippen LogP contribution in [0.4, 0.5) is 5.69 Å².